The maximum absolute atomic E-state index is 11.4. The minimum Gasteiger partial charge on any atom is -0.466 e. The van der Waals surface area contributed by atoms with E-state index < -0.39 is 0 Å². The first-order chi connectivity index (χ1) is 7.83. The predicted molar refractivity (Wildman–Crippen MR) is 62.4 cm³/mol. The zero-order chi connectivity index (χ0) is 11.6. The average Bonchev–Trinajstić information content (AvgIpc) is 2.33. The Labute approximate surface area is 97.9 Å². The maximum atomic E-state index is 11.4. The first kappa shape index (κ1) is 13.5. The molecule has 0 amide bonds. The molecule has 0 unspecified atom stereocenters. The third kappa shape index (κ3) is 6.08. The Hall–Kier alpha value is -0.610. The molecule has 0 N–H and O–H groups in total. The predicted octanol–water partition coefficient (Wildman–Crippen LogP) is 1.44. The first-order valence-corrected chi connectivity index (χ1v) is 6.28. The van der Waals surface area contributed by atoms with Crippen molar-refractivity contribution in [2.45, 2.75) is 32.6 Å². The molecule has 16 heavy (non-hydrogen) atoms. The Morgan fingerprint density at radius 3 is 2.75 bits per heavy atom. The summed E-state index contributed by atoms with van der Waals surface area (Å²) in [5.41, 5.74) is 0. The van der Waals surface area contributed by atoms with Crippen molar-refractivity contribution < 1.29 is 14.3 Å². The molecule has 4 nitrogen and oxygen atoms in total. The molecule has 0 radical (unpaired) electrons. The van der Waals surface area contributed by atoms with Crippen LogP contribution in [0.1, 0.15) is 32.6 Å². The lowest BCUT2D eigenvalue weighted by Crippen LogP contribution is -2.37. The molecule has 4 heteroatoms. The third-order valence-electron chi connectivity index (χ3n) is 2.75. The molecule has 0 spiro atoms. The van der Waals surface area contributed by atoms with Gasteiger partial charge in [-0.25, -0.2) is 0 Å². The minimum atomic E-state index is -0.0670. The molecule has 1 saturated heterocycles. The van der Waals surface area contributed by atoms with Gasteiger partial charge in [0.15, 0.2) is 0 Å². The summed E-state index contributed by atoms with van der Waals surface area (Å²) in [4.78, 5) is 13.6. The van der Waals surface area contributed by atoms with Crippen molar-refractivity contribution in [3.63, 3.8) is 0 Å². The van der Waals surface area contributed by atoms with Crippen molar-refractivity contribution in [2.75, 3.05) is 39.5 Å². The van der Waals surface area contributed by atoms with Crippen molar-refractivity contribution in [3.8, 4) is 0 Å². The normalized spacial score (nSPS) is 17.3. The van der Waals surface area contributed by atoms with Crippen LogP contribution in [0.25, 0.3) is 0 Å². The Morgan fingerprint density at radius 1 is 1.31 bits per heavy atom. The smallest absolute Gasteiger partial charge is 0.307 e. The van der Waals surface area contributed by atoms with Gasteiger partial charge in [0.1, 0.15) is 0 Å². The van der Waals surface area contributed by atoms with Gasteiger partial charge in [-0.15, -0.1) is 0 Å². The van der Waals surface area contributed by atoms with Crippen LogP contribution in [-0.2, 0) is 14.3 Å². The van der Waals surface area contributed by atoms with E-state index in [2.05, 4.69) is 11.8 Å². The number of esters is 1. The number of unbranched alkanes of at least 4 members (excludes halogenated alkanes) is 2. The summed E-state index contributed by atoms with van der Waals surface area (Å²) in [6.45, 7) is 6.95. The fourth-order valence-electron chi connectivity index (χ4n) is 1.68. The van der Waals surface area contributed by atoms with Gasteiger partial charge in [0, 0.05) is 19.6 Å². The summed E-state index contributed by atoms with van der Waals surface area (Å²) < 4.78 is 10.4. The van der Waals surface area contributed by atoms with Crippen LogP contribution in [0, 0.1) is 0 Å². The van der Waals surface area contributed by atoms with Crippen molar-refractivity contribution >= 4 is 5.97 Å². The molecule has 1 fully saturated rings. The van der Waals surface area contributed by atoms with Crippen LogP contribution in [0.15, 0.2) is 0 Å². The molecule has 0 aliphatic carbocycles. The van der Waals surface area contributed by atoms with Crippen LogP contribution in [0.2, 0.25) is 0 Å². The van der Waals surface area contributed by atoms with E-state index in [1.165, 1.54) is 0 Å². The van der Waals surface area contributed by atoms with Gasteiger partial charge < -0.3 is 9.47 Å². The van der Waals surface area contributed by atoms with Crippen LogP contribution >= 0.6 is 0 Å². The molecule has 0 atom stereocenters. The molecule has 1 rings (SSSR count). The highest BCUT2D eigenvalue weighted by Gasteiger charge is 2.12. The van der Waals surface area contributed by atoms with E-state index in [4.69, 9.17) is 9.47 Å². The molecule has 0 saturated carbocycles. The van der Waals surface area contributed by atoms with Gasteiger partial charge in [-0.2, -0.15) is 0 Å². The SMILES string of the molecule is CCCCCOC(=O)CCN1CCOCC1. The second-order valence-electron chi connectivity index (χ2n) is 4.13. The van der Waals surface area contributed by atoms with Crippen molar-refractivity contribution in [2.24, 2.45) is 0 Å². The van der Waals surface area contributed by atoms with Gasteiger partial charge in [0.2, 0.25) is 0 Å². The second kappa shape index (κ2) is 8.53. The number of nitrogens with zero attached hydrogens (tertiary/aromatic N) is 1. The van der Waals surface area contributed by atoms with E-state index in [0.29, 0.717) is 13.0 Å². The number of hydrogen-bond donors (Lipinski definition) is 0. The largest absolute Gasteiger partial charge is 0.466 e. The topological polar surface area (TPSA) is 38.8 Å². The molecule has 0 aromatic carbocycles. The average molecular weight is 229 g/mol. The molecular formula is C12H23NO3. The highest BCUT2D eigenvalue weighted by molar-refractivity contribution is 5.69. The van der Waals surface area contributed by atoms with Gasteiger partial charge in [-0.1, -0.05) is 19.8 Å². The van der Waals surface area contributed by atoms with Gasteiger partial charge in [0.05, 0.1) is 26.2 Å². The second-order valence-corrected chi connectivity index (χ2v) is 4.13. The number of carbonyl (C=O) groups is 1. The first-order valence-electron chi connectivity index (χ1n) is 6.28. The van der Waals surface area contributed by atoms with Gasteiger partial charge in [-0.3, -0.25) is 9.69 Å². The molecule has 1 heterocycles. The molecule has 0 aromatic rings. The van der Waals surface area contributed by atoms with E-state index >= 15 is 0 Å². The minimum absolute atomic E-state index is 0.0670. The van der Waals surface area contributed by atoms with Crippen molar-refractivity contribution in [3.05, 3.63) is 0 Å². The quantitative estimate of drug-likeness (QED) is 0.489. The molecule has 1 aliphatic heterocycles. The monoisotopic (exact) mass is 229 g/mol. The van der Waals surface area contributed by atoms with Crippen molar-refractivity contribution in [1.82, 2.24) is 4.90 Å². The van der Waals surface area contributed by atoms with Gasteiger partial charge in [-0.05, 0) is 6.42 Å². The zero-order valence-corrected chi connectivity index (χ0v) is 10.2. The highest BCUT2D eigenvalue weighted by Crippen LogP contribution is 2.00. The van der Waals surface area contributed by atoms with Crippen LogP contribution in [0.5, 0.6) is 0 Å². The molecule has 94 valence electrons. The van der Waals surface area contributed by atoms with Crippen molar-refractivity contribution in [1.29, 1.82) is 0 Å². The van der Waals surface area contributed by atoms with E-state index in [-0.39, 0.29) is 5.97 Å². The van der Waals surface area contributed by atoms with E-state index in [1.807, 2.05) is 0 Å². The number of hydrogen-bond acceptors (Lipinski definition) is 4. The lowest BCUT2D eigenvalue weighted by molar-refractivity contribution is -0.144. The van der Waals surface area contributed by atoms with Gasteiger partial charge in [0.25, 0.3) is 0 Å². The lowest BCUT2D eigenvalue weighted by atomic mass is 10.3. The van der Waals surface area contributed by atoms with Crippen LogP contribution < -0.4 is 0 Å². The number of morpholine rings is 1. The molecule has 0 aromatic heterocycles. The Balaban J connectivity index is 1.96. The summed E-state index contributed by atoms with van der Waals surface area (Å²) in [6, 6.07) is 0. The highest BCUT2D eigenvalue weighted by atomic mass is 16.5. The van der Waals surface area contributed by atoms with E-state index in [9.17, 15) is 4.79 Å². The summed E-state index contributed by atoms with van der Waals surface area (Å²) in [5.74, 6) is -0.0670. The fourth-order valence-corrected chi connectivity index (χ4v) is 1.68. The lowest BCUT2D eigenvalue weighted by Gasteiger charge is -2.25. The Kier molecular flexibility index (Phi) is 7.17. The number of ether oxygens (including phenoxy) is 2. The Bertz CT molecular complexity index is 191. The molecule has 0 bridgehead atoms. The van der Waals surface area contributed by atoms with Crippen LogP contribution in [0.4, 0.5) is 0 Å². The van der Waals surface area contributed by atoms with E-state index in [0.717, 1.165) is 52.1 Å². The number of carbonyl (C=O) groups excluding carboxylic acids is 1. The summed E-state index contributed by atoms with van der Waals surface area (Å²) in [6.07, 6.45) is 3.79. The summed E-state index contributed by atoms with van der Waals surface area (Å²) in [5, 5.41) is 0. The Morgan fingerprint density at radius 2 is 2.06 bits per heavy atom. The third-order valence-corrected chi connectivity index (χ3v) is 2.75. The number of rotatable bonds is 7. The fraction of sp³-hybridized carbons (Fsp3) is 0.917. The summed E-state index contributed by atoms with van der Waals surface area (Å²) >= 11 is 0. The standard InChI is InChI=1S/C12H23NO3/c1-2-3-4-9-16-12(14)5-6-13-7-10-15-11-8-13/h2-11H2,1H3. The maximum Gasteiger partial charge on any atom is 0.307 e. The van der Waals surface area contributed by atoms with Crippen LogP contribution in [0.3, 0.4) is 0 Å². The van der Waals surface area contributed by atoms with E-state index in [1.54, 1.807) is 0 Å². The molecular weight excluding hydrogens is 206 g/mol. The molecule has 1 aliphatic rings. The van der Waals surface area contributed by atoms with Crippen LogP contribution in [-0.4, -0.2) is 50.3 Å². The van der Waals surface area contributed by atoms with Gasteiger partial charge >= 0.3 is 5.97 Å². The summed E-state index contributed by atoms with van der Waals surface area (Å²) in [7, 11) is 0. The zero-order valence-electron chi connectivity index (χ0n) is 10.2.